The van der Waals surface area contributed by atoms with Gasteiger partial charge in [0, 0.05) is 13.1 Å². The van der Waals surface area contributed by atoms with E-state index in [1.165, 1.54) is 12.8 Å². The summed E-state index contributed by atoms with van der Waals surface area (Å²) in [5, 5.41) is 6.05. The second-order valence-corrected chi connectivity index (χ2v) is 6.88. The van der Waals surface area contributed by atoms with Crippen molar-refractivity contribution < 1.29 is 9.59 Å². The third kappa shape index (κ3) is 5.99. The Morgan fingerprint density at radius 3 is 1.46 bits per heavy atom. The Hall–Kier alpha value is -1.84. The van der Waals surface area contributed by atoms with Crippen LogP contribution < -0.4 is 10.6 Å². The molecule has 0 aliphatic carbocycles. The number of amides is 2. The molecule has 1 aromatic carbocycles. The molecule has 2 heterocycles. The summed E-state index contributed by atoms with van der Waals surface area (Å²) in [4.78, 5) is 24.2. The van der Waals surface area contributed by atoms with Crippen molar-refractivity contribution in [1.29, 1.82) is 0 Å². The molecule has 0 radical (unpaired) electrons. The molecule has 4 nitrogen and oxygen atoms in total. The predicted molar refractivity (Wildman–Crippen MR) is 97.0 cm³/mol. The minimum Gasteiger partial charge on any atom is -0.356 e. The van der Waals surface area contributed by atoms with Gasteiger partial charge in [-0.15, -0.1) is 0 Å². The molecule has 2 aliphatic heterocycles. The Bertz CT molecular complexity index is 529. The minimum absolute atomic E-state index is 0.0871. The zero-order valence-electron chi connectivity index (χ0n) is 15.0. The number of fused-ring (bicyclic) bond motifs is 15. The van der Waals surface area contributed by atoms with Gasteiger partial charge in [0.2, 0.25) is 11.8 Å². The SMILES string of the molecule is Cc1cc2c(C)cc1CC(=O)NCCCCCCCCNC(=O)C2. The first-order valence-electron chi connectivity index (χ1n) is 9.18. The van der Waals surface area contributed by atoms with Crippen molar-refractivity contribution in [1.82, 2.24) is 10.6 Å². The van der Waals surface area contributed by atoms with Gasteiger partial charge in [0.1, 0.15) is 0 Å². The van der Waals surface area contributed by atoms with Crippen molar-refractivity contribution in [3.8, 4) is 0 Å². The van der Waals surface area contributed by atoms with E-state index in [4.69, 9.17) is 0 Å². The van der Waals surface area contributed by atoms with Crippen LogP contribution in [0.3, 0.4) is 0 Å². The number of hydrogen-bond acceptors (Lipinski definition) is 2. The van der Waals surface area contributed by atoms with E-state index >= 15 is 0 Å². The number of rotatable bonds is 0. The van der Waals surface area contributed by atoms with Crippen LogP contribution in [0.5, 0.6) is 0 Å². The fraction of sp³-hybridized carbons (Fsp3) is 0.600. The number of carbonyl (C=O) groups is 2. The molecule has 0 saturated carbocycles. The second kappa shape index (κ2) is 9.45. The lowest BCUT2D eigenvalue weighted by Gasteiger charge is -2.13. The predicted octanol–water partition coefficient (Wildman–Crippen LogP) is 2.98. The van der Waals surface area contributed by atoms with Gasteiger partial charge in [-0.25, -0.2) is 0 Å². The highest BCUT2D eigenvalue weighted by molar-refractivity contribution is 5.80. The molecule has 0 unspecified atom stereocenters. The summed E-state index contributed by atoms with van der Waals surface area (Å²) < 4.78 is 0. The molecule has 24 heavy (non-hydrogen) atoms. The zero-order chi connectivity index (χ0) is 17.4. The van der Waals surface area contributed by atoms with Crippen LogP contribution in [0.1, 0.15) is 60.8 Å². The molecule has 2 bridgehead atoms. The van der Waals surface area contributed by atoms with E-state index in [-0.39, 0.29) is 11.8 Å². The molecule has 4 heteroatoms. The van der Waals surface area contributed by atoms with Gasteiger partial charge < -0.3 is 10.6 Å². The van der Waals surface area contributed by atoms with Crippen molar-refractivity contribution in [2.24, 2.45) is 0 Å². The van der Waals surface area contributed by atoms with E-state index in [0.717, 1.165) is 61.0 Å². The number of aryl methyl sites for hydroxylation is 2. The van der Waals surface area contributed by atoms with Crippen molar-refractivity contribution in [2.75, 3.05) is 13.1 Å². The number of hydrogen-bond donors (Lipinski definition) is 2. The lowest BCUT2D eigenvalue weighted by atomic mass is 9.96. The summed E-state index contributed by atoms with van der Waals surface area (Å²) in [6.45, 7) is 5.57. The molecule has 3 rings (SSSR count). The van der Waals surface area contributed by atoms with Crippen molar-refractivity contribution in [3.63, 3.8) is 0 Å². The van der Waals surface area contributed by atoms with E-state index in [2.05, 4.69) is 22.8 Å². The van der Waals surface area contributed by atoms with E-state index in [1.54, 1.807) is 0 Å². The molecular weight excluding hydrogens is 300 g/mol. The third-order valence-electron chi connectivity index (χ3n) is 4.74. The molecule has 0 spiro atoms. The van der Waals surface area contributed by atoms with Crippen LogP contribution in [0.2, 0.25) is 0 Å². The van der Waals surface area contributed by atoms with Crippen LogP contribution in [0, 0.1) is 13.8 Å². The summed E-state index contributed by atoms with van der Waals surface area (Å²) >= 11 is 0. The lowest BCUT2D eigenvalue weighted by molar-refractivity contribution is -0.121. The second-order valence-electron chi connectivity index (χ2n) is 6.88. The standard InChI is InChI=1S/C20H30N2O2/c1-15-11-18-14-20(24)22-10-8-6-4-3-5-7-9-21-19(23)13-17(15)12-16(18)2/h11-12H,3-10,13-14H2,1-2H3,(H,21,23)(H,22,24). The summed E-state index contributed by atoms with van der Waals surface area (Å²) in [6, 6.07) is 4.11. The van der Waals surface area contributed by atoms with E-state index in [1.807, 2.05) is 13.8 Å². The molecule has 2 N–H and O–H groups in total. The fourth-order valence-electron chi connectivity index (χ4n) is 3.20. The van der Waals surface area contributed by atoms with Gasteiger partial charge in [-0.1, -0.05) is 37.8 Å². The Morgan fingerprint density at radius 2 is 1.04 bits per heavy atom. The maximum atomic E-state index is 12.1. The van der Waals surface area contributed by atoms with Crippen LogP contribution in [0.15, 0.2) is 12.1 Å². The summed E-state index contributed by atoms with van der Waals surface area (Å²) in [5.74, 6) is 0.174. The molecule has 0 saturated heterocycles. The summed E-state index contributed by atoms with van der Waals surface area (Å²) in [6.07, 6.45) is 7.61. The maximum absolute atomic E-state index is 12.1. The monoisotopic (exact) mass is 330 g/mol. The molecule has 1 aromatic rings. The van der Waals surface area contributed by atoms with Crippen LogP contribution in [0.4, 0.5) is 0 Å². The largest absolute Gasteiger partial charge is 0.356 e. The molecule has 0 aromatic heterocycles. The highest BCUT2D eigenvalue weighted by Gasteiger charge is 2.11. The van der Waals surface area contributed by atoms with Crippen LogP contribution in [0.25, 0.3) is 0 Å². The van der Waals surface area contributed by atoms with Gasteiger partial charge in [0.15, 0.2) is 0 Å². The Labute approximate surface area is 145 Å². The minimum atomic E-state index is 0.0871. The van der Waals surface area contributed by atoms with Gasteiger partial charge in [0.05, 0.1) is 12.8 Å². The average Bonchev–Trinajstić information content (AvgIpc) is 2.53. The maximum Gasteiger partial charge on any atom is 0.224 e. The Kier molecular flexibility index (Phi) is 7.29. The smallest absolute Gasteiger partial charge is 0.224 e. The summed E-state index contributed by atoms with van der Waals surface area (Å²) in [5.41, 5.74) is 4.27. The van der Waals surface area contributed by atoms with E-state index < -0.39 is 0 Å². The van der Waals surface area contributed by atoms with Gasteiger partial charge in [-0.2, -0.15) is 0 Å². The number of nitrogens with one attached hydrogen (secondary N) is 2. The lowest BCUT2D eigenvalue weighted by Crippen LogP contribution is -2.27. The van der Waals surface area contributed by atoms with Gasteiger partial charge in [-0.05, 0) is 48.9 Å². The molecule has 2 aliphatic rings. The third-order valence-corrected chi connectivity index (χ3v) is 4.74. The molecule has 0 atom stereocenters. The number of carbonyl (C=O) groups excluding carboxylic acids is 2. The van der Waals surface area contributed by atoms with Crippen LogP contribution in [-0.2, 0) is 22.4 Å². The Morgan fingerprint density at radius 1 is 0.667 bits per heavy atom. The molecule has 2 amide bonds. The van der Waals surface area contributed by atoms with Crippen molar-refractivity contribution >= 4 is 11.8 Å². The fourth-order valence-corrected chi connectivity index (χ4v) is 3.20. The van der Waals surface area contributed by atoms with Gasteiger partial charge in [-0.3, -0.25) is 9.59 Å². The highest BCUT2D eigenvalue weighted by Crippen LogP contribution is 2.17. The molecule has 132 valence electrons. The van der Waals surface area contributed by atoms with E-state index in [0.29, 0.717) is 12.8 Å². The first-order chi connectivity index (χ1) is 11.6. The van der Waals surface area contributed by atoms with E-state index in [9.17, 15) is 9.59 Å². The first-order valence-corrected chi connectivity index (χ1v) is 9.18. The molecular formula is C20H30N2O2. The van der Waals surface area contributed by atoms with Crippen molar-refractivity contribution in [3.05, 3.63) is 34.4 Å². The average molecular weight is 330 g/mol. The first kappa shape index (κ1) is 18.5. The van der Waals surface area contributed by atoms with Gasteiger partial charge >= 0.3 is 0 Å². The zero-order valence-corrected chi connectivity index (χ0v) is 15.0. The normalized spacial score (nSPS) is 18.4. The number of benzene rings is 1. The van der Waals surface area contributed by atoms with Crippen LogP contribution >= 0.6 is 0 Å². The topological polar surface area (TPSA) is 58.2 Å². The molecule has 0 fully saturated rings. The summed E-state index contributed by atoms with van der Waals surface area (Å²) in [7, 11) is 0. The van der Waals surface area contributed by atoms with Crippen LogP contribution in [-0.4, -0.2) is 24.9 Å². The van der Waals surface area contributed by atoms with Crippen molar-refractivity contribution in [2.45, 2.75) is 65.2 Å². The van der Waals surface area contributed by atoms with Gasteiger partial charge in [0.25, 0.3) is 0 Å². The quantitative estimate of drug-likeness (QED) is 0.768. The Balaban J connectivity index is 2.09. The highest BCUT2D eigenvalue weighted by atomic mass is 16.2.